The van der Waals surface area contributed by atoms with Crippen LogP contribution in [0.4, 0.5) is 0 Å². The fourth-order valence-corrected chi connectivity index (χ4v) is 3.31. The van der Waals surface area contributed by atoms with Gasteiger partial charge in [-0.3, -0.25) is 9.59 Å². The number of nitrogens with one attached hydrogen (secondary N) is 1. The molecule has 5 nitrogen and oxygen atoms in total. The lowest BCUT2D eigenvalue weighted by Gasteiger charge is -2.29. The van der Waals surface area contributed by atoms with Crippen LogP contribution in [-0.2, 0) is 16.1 Å². The van der Waals surface area contributed by atoms with E-state index in [4.69, 9.17) is 16.3 Å². The second-order valence-corrected chi connectivity index (χ2v) is 8.39. The van der Waals surface area contributed by atoms with Crippen molar-refractivity contribution in [1.82, 2.24) is 10.2 Å². The van der Waals surface area contributed by atoms with Crippen LogP contribution in [0.25, 0.3) is 0 Å². The molecule has 0 aliphatic rings. The van der Waals surface area contributed by atoms with E-state index >= 15 is 0 Å². The molecule has 0 aromatic heterocycles. The van der Waals surface area contributed by atoms with Gasteiger partial charge < -0.3 is 15.0 Å². The van der Waals surface area contributed by atoms with E-state index in [-0.39, 0.29) is 25.0 Å². The predicted molar refractivity (Wildman–Crippen MR) is 124 cm³/mol. The van der Waals surface area contributed by atoms with Gasteiger partial charge >= 0.3 is 0 Å². The zero-order valence-corrected chi connectivity index (χ0v) is 19.9. The monoisotopic (exact) mass is 494 g/mol. The van der Waals surface area contributed by atoms with Gasteiger partial charge in [-0.25, -0.2) is 0 Å². The average molecular weight is 496 g/mol. The largest absolute Gasteiger partial charge is 0.484 e. The Kier molecular flexibility index (Phi) is 9.66. The minimum Gasteiger partial charge on any atom is -0.484 e. The van der Waals surface area contributed by atoms with Gasteiger partial charge in [0, 0.05) is 22.6 Å². The van der Waals surface area contributed by atoms with Crippen molar-refractivity contribution in [3.05, 3.63) is 63.1 Å². The number of hydrogen-bond donors (Lipinski definition) is 1. The molecule has 30 heavy (non-hydrogen) atoms. The Hall–Kier alpha value is -2.05. The van der Waals surface area contributed by atoms with Crippen molar-refractivity contribution in [2.75, 3.05) is 13.2 Å². The van der Waals surface area contributed by atoms with Crippen molar-refractivity contribution in [1.29, 1.82) is 0 Å². The van der Waals surface area contributed by atoms with Gasteiger partial charge in [-0.05, 0) is 55.7 Å². The Balaban J connectivity index is 2.14. The van der Waals surface area contributed by atoms with Crippen LogP contribution in [0.1, 0.15) is 37.8 Å². The summed E-state index contributed by atoms with van der Waals surface area (Å²) in [6, 6.07) is 12.2. The number of rotatable bonds is 10. The van der Waals surface area contributed by atoms with E-state index in [2.05, 4.69) is 28.2 Å². The summed E-state index contributed by atoms with van der Waals surface area (Å²) >= 11 is 9.74. The van der Waals surface area contributed by atoms with Crippen molar-refractivity contribution in [3.63, 3.8) is 0 Å². The lowest BCUT2D eigenvalue weighted by atomic mass is 10.1. The van der Waals surface area contributed by atoms with Gasteiger partial charge in [-0.1, -0.05) is 59.1 Å². The summed E-state index contributed by atoms with van der Waals surface area (Å²) in [5.74, 6) is 0.124. The molecule has 0 bridgehead atoms. The van der Waals surface area contributed by atoms with Crippen molar-refractivity contribution in [2.24, 2.45) is 0 Å². The molecule has 0 spiro atoms. The molecule has 0 unspecified atom stereocenters. The topological polar surface area (TPSA) is 58.6 Å². The number of hydrogen-bond acceptors (Lipinski definition) is 3. The first-order valence-electron chi connectivity index (χ1n) is 10.0. The van der Waals surface area contributed by atoms with Gasteiger partial charge in [-0.2, -0.15) is 0 Å². The average Bonchev–Trinajstić information content (AvgIpc) is 2.73. The van der Waals surface area contributed by atoms with Crippen molar-refractivity contribution in [3.8, 4) is 5.75 Å². The van der Waals surface area contributed by atoms with E-state index < -0.39 is 6.04 Å². The highest BCUT2D eigenvalue weighted by Gasteiger charge is 2.27. The molecule has 1 atom stereocenters. The van der Waals surface area contributed by atoms with Gasteiger partial charge in [0.25, 0.3) is 5.91 Å². The highest BCUT2D eigenvalue weighted by Crippen LogP contribution is 2.22. The molecule has 0 heterocycles. The number of amides is 2. The Bertz CT molecular complexity index is 875. The number of carbonyl (C=O) groups is 2. The smallest absolute Gasteiger partial charge is 0.261 e. The minimum atomic E-state index is -0.652. The Morgan fingerprint density at radius 2 is 1.97 bits per heavy atom. The predicted octanol–water partition coefficient (Wildman–Crippen LogP) is 5.12. The summed E-state index contributed by atoms with van der Waals surface area (Å²) in [5.41, 5.74) is 1.79. The molecule has 0 fully saturated rings. The zero-order chi connectivity index (χ0) is 22.1. The summed E-state index contributed by atoms with van der Waals surface area (Å²) in [7, 11) is 0. The van der Waals surface area contributed by atoms with Gasteiger partial charge in [0.05, 0.1) is 0 Å². The normalized spacial score (nSPS) is 11.6. The molecule has 2 aromatic carbocycles. The van der Waals surface area contributed by atoms with Crippen molar-refractivity contribution < 1.29 is 14.3 Å². The first kappa shape index (κ1) is 24.2. The van der Waals surface area contributed by atoms with E-state index in [1.165, 1.54) is 4.90 Å². The van der Waals surface area contributed by atoms with Crippen LogP contribution in [0.5, 0.6) is 5.75 Å². The van der Waals surface area contributed by atoms with E-state index in [9.17, 15) is 9.59 Å². The van der Waals surface area contributed by atoms with E-state index in [1.807, 2.05) is 37.3 Å². The van der Waals surface area contributed by atoms with Crippen LogP contribution in [0, 0.1) is 6.92 Å². The van der Waals surface area contributed by atoms with Crippen LogP contribution < -0.4 is 10.1 Å². The maximum Gasteiger partial charge on any atom is 0.261 e. The lowest BCUT2D eigenvalue weighted by Crippen LogP contribution is -2.49. The number of nitrogens with zero attached hydrogens (tertiary/aromatic N) is 1. The molecule has 2 amide bonds. The quantitative estimate of drug-likeness (QED) is 0.465. The molecular formula is C23H28BrClN2O3. The third-order valence-electron chi connectivity index (χ3n) is 4.79. The summed E-state index contributed by atoms with van der Waals surface area (Å²) in [5, 5.41) is 3.45. The Morgan fingerprint density at radius 3 is 2.63 bits per heavy atom. The fraction of sp³-hybridized carbons (Fsp3) is 0.391. The number of aryl methyl sites for hydroxylation is 1. The van der Waals surface area contributed by atoms with Crippen LogP contribution in [-0.4, -0.2) is 35.9 Å². The van der Waals surface area contributed by atoms with E-state index in [0.717, 1.165) is 28.4 Å². The van der Waals surface area contributed by atoms with Crippen LogP contribution in [0.3, 0.4) is 0 Å². The second-order valence-electron chi connectivity index (χ2n) is 7.13. The molecule has 7 heteroatoms. The third-order valence-corrected chi connectivity index (χ3v) is 6.05. The maximum absolute atomic E-state index is 13.0. The molecule has 2 rings (SSSR count). The summed E-state index contributed by atoms with van der Waals surface area (Å²) in [4.78, 5) is 27.1. The maximum atomic E-state index is 13.0. The van der Waals surface area contributed by atoms with Crippen LogP contribution >= 0.6 is 27.5 Å². The van der Waals surface area contributed by atoms with Gasteiger partial charge in [0.1, 0.15) is 11.8 Å². The number of benzene rings is 2. The van der Waals surface area contributed by atoms with Gasteiger partial charge in [0.15, 0.2) is 6.61 Å². The molecule has 2 aromatic rings. The van der Waals surface area contributed by atoms with Gasteiger partial charge in [0.2, 0.25) is 5.91 Å². The molecule has 0 saturated heterocycles. The minimum absolute atomic E-state index is 0.169. The third kappa shape index (κ3) is 7.03. The van der Waals surface area contributed by atoms with Crippen molar-refractivity contribution >= 4 is 39.3 Å². The molecule has 1 N–H and O–H groups in total. The molecule has 162 valence electrons. The summed E-state index contributed by atoms with van der Waals surface area (Å²) in [6.45, 7) is 6.37. The molecule has 0 aliphatic heterocycles. The van der Waals surface area contributed by atoms with E-state index in [0.29, 0.717) is 17.3 Å². The highest BCUT2D eigenvalue weighted by molar-refractivity contribution is 9.10. The number of ether oxygens (including phenoxy) is 1. The second kappa shape index (κ2) is 12.0. The fourth-order valence-electron chi connectivity index (χ4n) is 2.86. The number of unbranched alkanes of at least 4 members (excludes halogenated alkanes) is 1. The SMILES string of the molecule is CCCCNC(=O)[C@H](C)N(Cc1ccccc1Cl)C(=O)COc1ccc(Br)c(C)c1. The standard InChI is InChI=1S/C23H28BrClN2O3/c1-4-5-12-26-23(29)17(3)27(14-18-8-6-7-9-21(18)25)22(28)15-30-19-10-11-20(24)16(2)13-19/h6-11,13,17H,4-5,12,14-15H2,1-3H3,(H,26,29)/t17-/m0/s1. The summed E-state index contributed by atoms with van der Waals surface area (Å²) in [6.07, 6.45) is 1.88. The highest BCUT2D eigenvalue weighted by atomic mass is 79.9. The first-order chi connectivity index (χ1) is 14.3. The molecule has 0 saturated carbocycles. The van der Waals surface area contributed by atoms with Crippen molar-refractivity contribution in [2.45, 2.75) is 46.2 Å². The summed E-state index contributed by atoms with van der Waals surface area (Å²) < 4.78 is 6.68. The lowest BCUT2D eigenvalue weighted by molar-refractivity contribution is -0.142. The Labute approximate surface area is 191 Å². The number of carbonyl (C=O) groups excluding carboxylic acids is 2. The molecule has 0 radical (unpaired) electrons. The van der Waals surface area contributed by atoms with E-state index in [1.54, 1.807) is 19.1 Å². The Morgan fingerprint density at radius 1 is 1.23 bits per heavy atom. The molecule has 0 aliphatic carbocycles. The van der Waals surface area contributed by atoms with Crippen LogP contribution in [0.15, 0.2) is 46.9 Å². The zero-order valence-electron chi connectivity index (χ0n) is 17.6. The first-order valence-corrected chi connectivity index (χ1v) is 11.2. The molecular weight excluding hydrogens is 468 g/mol. The number of halogens is 2. The van der Waals surface area contributed by atoms with Gasteiger partial charge in [-0.15, -0.1) is 0 Å². The van der Waals surface area contributed by atoms with Crippen LogP contribution in [0.2, 0.25) is 5.02 Å².